The summed E-state index contributed by atoms with van der Waals surface area (Å²) in [5.41, 5.74) is 8.49. The Balaban J connectivity index is 2.35. The van der Waals surface area contributed by atoms with Crippen molar-refractivity contribution in [3.05, 3.63) is 22.7 Å². The minimum absolute atomic E-state index is 0.118. The van der Waals surface area contributed by atoms with Crippen LogP contribution in [0.5, 0.6) is 0 Å². The Morgan fingerprint density at radius 1 is 1.47 bits per heavy atom. The minimum Gasteiger partial charge on any atom is -0.398 e. The Morgan fingerprint density at radius 2 is 2.16 bits per heavy atom. The lowest BCUT2D eigenvalue weighted by Gasteiger charge is -2.29. The van der Waals surface area contributed by atoms with Gasteiger partial charge in [0.2, 0.25) is 5.91 Å². The van der Waals surface area contributed by atoms with Crippen LogP contribution in [-0.2, 0) is 4.79 Å². The van der Waals surface area contributed by atoms with E-state index in [0.717, 1.165) is 30.6 Å². The highest BCUT2D eigenvalue weighted by atomic mass is 35.5. The van der Waals surface area contributed by atoms with Crippen LogP contribution in [0.2, 0.25) is 5.02 Å². The topological polar surface area (TPSA) is 49.6 Å². The van der Waals surface area contributed by atoms with E-state index in [2.05, 4.69) is 4.90 Å². The van der Waals surface area contributed by atoms with Gasteiger partial charge in [-0.2, -0.15) is 0 Å². The van der Waals surface area contributed by atoms with E-state index in [9.17, 15) is 4.79 Å². The lowest BCUT2D eigenvalue weighted by Crippen LogP contribution is -2.42. The first-order chi connectivity index (χ1) is 8.91. The van der Waals surface area contributed by atoms with E-state index < -0.39 is 0 Å². The third kappa shape index (κ3) is 2.63. The average molecular weight is 282 g/mol. The Morgan fingerprint density at radius 3 is 2.79 bits per heavy atom. The fourth-order valence-electron chi connectivity index (χ4n) is 2.51. The van der Waals surface area contributed by atoms with Gasteiger partial charge in [0, 0.05) is 26.3 Å². The number of carbonyl (C=O) groups excluding carboxylic acids is 1. The molecule has 1 fully saturated rings. The largest absolute Gasteiger partial charge is 0.398 e. The fraction of sp³-hybridized carbons (Fsp3) is 0.500. The van der Waals surface area contributed by atoms with Crippen LogP contribution in [0, 0.1) is 6.92 Å². The van der Waals surface area contributed by atoms with Gasteiger partial charge < -0.3 is 15.5 Å². The van der Waals surface area contributed by atoms with Gasteiger partial charge in [0.05, 0.1) is 10.7 Å². The second-order valence-corrected chi connectivity index (χ2v) is 5.65. The standard InChI is InChI=1S/C14H20ClN3O/c1-9-7-10(15)13(8-11(9)16)18-6-4-5-12(18)14(19)17(2)3/h7-8,12H,4-6,16H2,1-3H3. The molecule has 1 unspecified atom stereocenters. The molecule has 0 bridgehead atoms. The number of hydrogen-bond acceptors (Lipinski definition) is 3. The molecule has 1 aliphatic heterocycles. The lowest BCUT2D eigenvalue weighted by atomic mass is 10.1. The second kappa shape index (κ2) is 5.29. The molecular weight excluding hydrogens is 262 g/mol. The number of nitrogens with zero attached hydrogens (tertiary/aromatic N) is 2. The molecule has 1 aliphatic rings. The van der Waals surface area contributed by atoms with Crippen LogP contribution in [-0.4, -0.2) is 37.5 Å². The van der Waals surface area contributed by atoms with Gasteiger partial charge in [-0.1, -0.05) is 11.6 Å². The molecular formula is C14H20ClN3O. The number of carbonyl (C=O) groups is 1. The highest BCUT2D eigenvalue weighted by molar-refractivity contribution is 6.33. The normalized spacial score (nSPS) is 18.7. The van der Waals surface area contributed by atoms with Crippen LogP contribution < -0.4 is 10.6 Å². The predicted molar refractivity (Wildman–Crippen MR) is 79.7 cm³/mol. The zero-order valence-electron chi connectivity index (χ0n) is 11.6. The number of likely N-dealkylation sites (N-methyl/N-ethyl adjacent to an activating group) is 1. The molecule has 104 valence electrons. The Bertz CT molecular complexity index is 502. The van der Waals surface area contributed by atoms with Crippen LogP contribution in [0.3, 0.4) is 0 Å². The summed E-state index contributed by atoms with van der Waals surface area (Å²) in [6.45, 7) is 2.77. The molecule has 0 aliphatic carbocycles. The van der Waals surface area contributed by atoms with Crippen molar-refractivity contribution in [3.8, 4) is 0 Å². The van der Waals surface area contributed by atoms with Crippen LogP contribution in [0.15, 0.2) is 12.1 Å². The number of benzene rings is 1. The van der Waals surface area contributed by atoms with Gasteiger partial charge >= 0.3 is 0 Å². The molecule has 0 radical (unpaired) electrons. The van der Waals surface area contributed by atoms with E-state index in [1.165, 1.54) is 0 Å². The smallest absolute Gasteiger partial charge is 0.244 e. The molecule has 0 aromatic heterocycles. The van der Waals surface area contributed by atoms with Crippen molar-refractivity contribution < 1.29 is 4.79 Å². The zero-order valence-corrected chi connectivity index (χ0v) is 12.4. The maximum Gasteiger partial charge on any atom is 0.244 e. The quantitative estimate of drug-likeness (QED) is 0.846. The van der Waals surface area contributed by atoms with Crippen molar-refractivity contribution >= 4 is 28.9 Å². The molecule has 0 spiro atoms. The first-order valence-electron chi connectivity index (χ1n) is 6.45. The van der Waals surface area contributed by atoms with Crippen LogP contribution >= 0.6 is 11.6 Å². The number of hydrogen-bond donors (Lipinski definition) is 1. The van der Waals surface area contributed by atoms with Crippen LogP contribution in [0.4, 0.5) is 11.4 Å². The van der Waals surface area contributed by atoms with Crippen molar-refractivity contribution in [2.75, 3.05) is 31.3 Å². The SMILES string of the molecule is Cc1cc(Cl)c(N2CCCC2C(=O)N(C)C)cc1N. The maximum absolute atomic E-state index is 12.2. The predicted octanol–water partition coefficient (Wildman–Crippen LogP) is 2.29. The molecule has 5 heteroatoms. The minimum atomic E-state index is -0.130. The van der Waals surface area contributed by atoms with E-state index in [1.807, 2.05) is 19.1 Å². The van der Waals surface area contributed by atoms with Gasteiger partial charge in [0.1, 0.15) is 6.04 Å². The Hall–Kier alpha value is -1.42. The van der Waals surface area contributed by atoms with Crippen molar-refractivity contribution in [1.82, 2.24) is 4.90 Å². The van der Waals surface area contributed by atoms with Crippen molar-refractivity contribution in [2.45, 2.75) is 25.8 Å². The molecule has 0 saturated carbocycles. The van der Waals surface area contributed by atoms with E-state index in [-0.39, 0.29) is 11.9 Å². The van der Waals surface area contributed by atoms with E-state index in [0.29, 0.717) is 10.7 Å². The summed E-state index contributed by atoms with van der Waals surface area (Å²) in [5.74, 6) is 0.118. The molecule has 19 heavy (non-hydrogen) atoms. The van der Waals surface area contributed by atoms with Gasteiger partial charge in [0.15, 0.2) is 0 Å². The monoisotopic (exact) mass is 281 g/mol. The molecule has 2 N–H and O–H groups in total. The third-order valence-corrected chi connectivity index (χ3v) is 3.93. The van der Waals surface area contributed by atoms with Gasteiger partial charge in [-0.25, -0.2) is 0 Å². The first-order valence-corrected chi connectivity index (χ1v) is 6.83. The molecule has 1 aromatic carbocycles. The number of anilines is 2. The summed E-state index contributed by atoms with van der Waals surface area (Å²) >= 11 is 6.31. The van der Waals surface area contributed by atoms with E-state index in [4.69, 9.17) is 17.3 Å². The van der Waals surface area contributed by atoms with Crippen LogP contribution in [0.1, 0.15) is 18.4 Å². The fourth-order valence-corrected chi connectivity index (χ4v) is 2.83. The highest BCUT2D eigenvalue weighted by Crippen LogP contribution is 2.35. The highest BCUT2D eigenvalue weighted by Gasteiger charge is 2.33. The number of rotatable bonds is 2. The maximum atomic E-state index is 12.2. The molecule has 1 heterocycles. The Kier molecular flexibility index (Phi) is 3.90. The number of halogens is 1. The van der Waals surface area contributed by atoms with E-state index in [1.54, 1.807) is 19.0 Å². The number of nitrogen functional groups attached to an aromatic ring is 1. The Labute approximate surface area is 119 Å². The summed E-state index contributed by atoms with van der Waals surface area (Å²) in [4.78, 5) is 15.9. The number of amides is 1. The van der Waals surface area contributed by atoms with Crippen molar-refractivity contribution in [3.63, 3.8) is 0 Å². The number of aryl methyl sites for hydroxylation is 1. The van der Waals surface area contributed by atoms with Gasteiger partial charge in [0.25, 0.3) is 0 Å². The molecule has 2 rings (SSSR count). The number of nitrogens with two attached hydrogens (primary N) is 1. The molecule has 1 aromatic rings. The lowest BCUT2D eigenvalue weighted by molar-refractivity contribution is -0.129. The van der Waals surface area contributed by atoms with Crippen molar-refractivity contribution in [2.24, 2.45) is 0 Å². The summed E-state index contributed by atoms with van der Waals surface area (Å²) in [5, 5.41) is 0.658. The summed E-state index contributed by atoms with van der Waals surface area (Å²) in [7, 11) is 3.56. The first kappa shape index (κ1) is 14.0. The van der Waals surface area contributed by atoms with Crippen molar-refractivity contribution in [1.29, 1.82) is 0 Å². The summed E-state index contributed by atoms with van der Waals surface area (Å²) < 4.78 is 0. The third-order valence-electron chi connectivity index (χ3n) is 3.62. The summed E-state index contributed by atoms with van der Waals surface area (Å²) in [6, 6.07) is 3.61. The molecule has 1 atom stereocenters. The molecule has 1 amide bonds. The van der Waals surface area contributed by atoms with Crippen LogP contribution in [0.25, 0.3) is 0 Å². The van der Waals surface area contributed by atoms with E-state index >= 15 is 0 Å². The van der Waals surface area contributed by atoms with Gasteiger partial charge in [-0.15, -0.1) is 0 Å². The van der Waals surface area contributed by atoms with Gasteiger partial charge in [-0.05, 0) is 37.5 Å². The zero-order chi connectivity index (χ0) is 14.2. The average Bonchev–Trinajstić information content (AvgIpc) is 2.81. The second-order valence-electron chi connectivity index (χ2n) is 5.24. The molecule has 4 nitrogen and oxygen atoms in total. The molecule has 1 saturated heterocycles. The van der Waals surface area contributed by atoms with Gasteiger partial charge in [-0.3, -0.25) is 4.79 Å². The summed E-state index contributed by atoms with van der Waals surface area (Å²) in [6.07, 6.45) is 1.86.